The predicted octanol–water partition coefficient (Wildman–Crippen LogP) is 0.906. The summed E-state index contributed by atoms with van der Waals surface area (Å²) in [5.74, 6) is -0.783. The number of amides is 2. The summed E-state index contributed by atoms with van der Waals surface area (Å²) in [5.41, 5.74) is 4.66. The topological polar surface area (TPSA) is 72.2 Å². The molecule has 0 radical (unpaired) electrons. The number of hydrogen-bond acceptors (Lipinski definition) is 2. The van der Waals surface area contributed by atoms with Crippen molar-refractivity contribution in [1.82, 2.24) is 5.32 Å². The first-order chi connectivity index (χ1) is 6.75. The molecular formula is C11H22N2O2. The fourth-order valence-corrected chi connectivity index (χ4v) is 1.47. The Hall–Kier alpha value is -1.06. The molecule has 0 saturated heterocycles. The fraction of sp³-hybridized carbons (Fsp3) is 0.818. The van der Waals surface area contributed by atoms with Crippen molar-refractivity contribution < 1.29 is 9.59 Å². The van der Waals surface area contributed by atoms with Crippen LogP contribution in [0.3, 0.4) is 0 Å². The van der Waals surface area contributed by atoms with Crippen LogP contribution >= 0.6 is 0 Å². The normalized spacial score (nSPS) is 15.5. The Morgan fingerprint density at radius 3 is 2.13 bits per heavy atom. The molecule has 0 aromatic rings. The van der Waals surface area contributed by atoms with E-state index in [9.17, 15) is 9.59 Å². The Balaban J connectivity index is 4.71. The lowest BCUT2D eigenvalue weighted by molar-refractivity contribution is -0.134. The molecule has 0 aromatic carbocycles. The highest BCUT2D eigenvalue weighted by Gasteiger charge is 2.38. The van der Waals surface area contributed by atoms with Gasteiger partial charge in [-0.15, -0.1) is 0 Å². The maximum absolute atomic E-state index is 11.8. The SMILES string of the molecule is CCNC(=O)C(C)(C)C(C)C(C)C(N)=O. The van der Waals surface area contributed by atoms with Crippen molar-refractivity contribution in [3.05, 3.63) is 0 Å². The van der Waals surface area contributed by atoms with Crippen molar-refractivity contribution >= 4 is 11.8 Å². The minimum absolute atomic E-state index is 0.0365. The standard InChI is InChI=1S/C11H22N2O2/c1-6-13-10(15)11(4,5)8(3)7(2)9(12)14/h7-8H,6H2,1-5H3,(H2,12,14)(H,13,15). The molecule has 0 aliphatic carbocycles. The zero-order chi connectivity index (χ0) is 12.2. The van der Waals surface area contributed by atoms with Gasteiger partial charge in [-0.05, 0) is 12.8 Å². The third-order valence-corrected chi connectivity index (χ3v) is 3.26. The van der Waals surface area contributed by atoms with E-state index in [2.05, 4.69) is 5.32 Å². The van der Waals surface area contributed by atoms with Crippen molar-refractivity contribution in [1.29, 1.82) is 0 Å². The average molecular weight is 214 g/mol. The fourth-order valence-electron chi connectivity index (χ4n) is 1.47. The molecule has 3 N–H and O–H groups in total. The Morgan fingerprint density at radius 2 is 1.80 bits per heavy atom. The summed E-state index contributed by atoms with van der Waals surface area (Å²) in [6.07, 6.45) is 0. The van der Waals surface area contributed by atoms with Gasteiger partial charge >= 0.3 is 0 Å². The highest BCUT2D eigenvalue weighted by molar-refractivity contribution is 5.84. The van der Waals surface area contributed by atoms with Crippen molar-refractivity contribution in [3.8, 4) is 0 Å². The molecule has 4 heteroatoms. The van der Waals surface area contributed by atoms with Crippen molar-refractivity contribution in [3.63, 3.8) is 0 Å². The van der Waals surface area contributed by atoms with E-state index in [1.807, 2.05) is 27.7 Å². The van der Waals surface area contributed by atoms with Gasteiger partial charge in [0.05, 0.1) is 0 Å². The number of nitrogens with two attached hydrogens (primary N) is 1. The van der Waals surface area contributed by atoms with Crippen LogP contribution in [0, 0.1) is 17.3 Å². The highest BCUT2D eigenvalue weighted by atomic mass is 16.2. The summed E-state index contributed by atoms with van der Waals surface area (Å²) < 4.78 is 0. The van der Waals surface area contributed by atoms with Gasteiger partial charge < -0.3 is 11.1 Å². The zero-order valence-corrected chi connectivity index (χ0v) is 10.3. The second kappa shape index (κ2) is 5.14. The summed E-state index contributed by atoms with van der Waals surface area (Å²) >= 11 is 0. The minimum Gasteiger partial charge on any atom is -0.369 e. The van der Waals surface area contributed by atoms with Crippen molar-refractivity contribution in [2.45, 2.75) is 34.6 Å². The van der Waals surface area contributed by atoms with Crippen LogP contribution in [-0.2, 0) is 9.59 Å². The molecule has 0 saturated carbocycles. The van der Waals surface area contributed by atoms with Gasteiger partial charge in [-0.1, -0.05) is 27.7 Å². The van der Waals surface area contributed by atoms with Crippen LogP contribution in [0.1, 0.15) is 34.6 Å². The largest absolute Gasteiger partial charge is 0.369 e. The monoisotopic (exact) mass is 214 g/mol. The van der Waals surface area contributed by atoms with Gasteiger partial charge in [0.2, 0.25) is 11.8 Å². The van der Waals surface area contributed by atoms with E-state index < -0.39 is 5.41 Å². The summed E-state index contributed by atoms with van der Waals surface area (Å²) in [6.45, 7) is 9.78. The lowest BCUT2D eigenvalue weighted by Gasteiger charge is -2.33. The first kappa shape index (κ1) is 13.9. The quantitative estimate of drug-likeness (QED) is 0.714. The first-order valence-electron chi connectivity index (χ1n) is 5.32. The molecule has 0 rings (SSSR count). The molecular weight excluding hydrogens is 192 g/mol. The van der Waals surface area contributed by atoms with Gasteiger partial charge in [0, 0.05) is 17.9 Å². The van der Waals surface area contributed by atoms with Crippen LogP contribution in [-0.4, -0.2) is 18.4 Å². The molecule has 2 atom stereocenters. The molecule has 4 nitrogen and oxygen atoms in total. The maximum atomic E-state index is 11.8. The van der Waals surface area contributed by atoms with Crippen LogP contribution in [0.15, 0.2) is 0 Å². The second-order valence-electron chi connectivity index (χ2n) is 4.56. The van der Waals surface area contributed by atoms with Gasteiger partial charge in [0.1, 0.15) is 0 Å². The average Bonchev–Trinajstić information content (AvgIpc) is 2.15. The smallest absolute Gasteiger partial charge is 0.225 e. The van der Waals surface area contributed by atoms with Crippen molar-refractivity contribution in [2.24, 2.45) is 23.0 Å². The Labute approximate surface area is 91.6 Å². The number of rotatable bonds is 5. The van der Waals surface area contributed by atoms with Crippen LogP contribution < -0.4 is 11.1 Å². The summed E-state index contributed by atoms with van der Waals surface area (Å²) in [4.78, 5) is 22.8. The molecule has 2 unspecified atom stereocenters. The minimum atomic E-state index is -0.579. The molecule has 0 bridgehead atoms. The van der Waals surface area contributed by atoms with Gasteiger partial charge in [-0.25, -0.2) is 0 Å². The number of carbonyl (C=O) groups is 2. The van der Waals surface area contributed by atoms with Crippen LogP contribution in [0.25, 0.3) is 0 Å². The number of carbonyl (C=O) groups excluding carboxylic acids is 2. The van der Waals surface area contributed by atoms with E-state index >= 15 is 0 Å². The lowest BCUT2D eigenvalue weighted by atomic mass is 9.72. The van der Waals surface area contributed by atoms with Gasteiger partial charge in [0.15, 0.2) is 0 Å². The third-order valence-electron chi connectivity index (χ3n) is 3.26. The molecule has 15 heavy (non-hydrogen) atoms. The van der Waals surface area contributed by atoms with E-state index in [-0.39, 0.29) is 23.7 Å². The molecule has 0 heterocycles. The van der Waals surface area contributed by atoms with Crippen LogP contribution in [0.5, 0.6) is 0 Å². The Morgan fingerprint density at radius 1 is 1.33 bits per heavy atom. The number of nitrogens with one attached hydrogen (secondary N) is 1. The summed E-state index contributed by atoms with van der Waals surface area (Å²) in [5, 5.41) is 2.77. The third kappa shape index (κ3) is 3.22. The molecule has 0 spiro atoms. The van der Waals surface area contributed by atoms with Gasteiger partial charge in [0.25, 0.3) is 0 Å². The molecule has 88 valence electrons. The predicted molar refractivity (Wildman–Crippen MR) is 60.0 cm³/mol. The first-order valence-corrected chi connectivity index (χ1v) is 5.32. The molecule has 0 aliphatic rings. The van der Waals surface area contributed by atoms with E-state index in [1.54, 1.807) is 6.92 Å². The molecule has 2 amide bonds. The number of hydrogen-bond donors (Lipinski definition) is 2. The zero-order valence-electron chi connectivity index (χ0n) is 10.3. The lowest BCUT2D eigenvalue weighted by Crippen LogP contribution is -2.45. The highest BCUT2D eigenvalue weighted by Crippen LogP contribution is 2.32. The Kier molecular flexibility index (Phi) is 4.78. The van der Waals surface area contributed by atoms with Crippen LogP contribution in [0.2, 0.25) is 0 Å². The second-order valence-corrected chi connectivity index (χ2v) is 4.56. The van der Waals surface area contributed by atoms with Gasteiger partial charge in [-0.3, -0.25) is 9.59 Å². The molecule has 0 aromatic heterocycles. The van der Waals surface area contributed by atoms with E-state index in [0.29, 0.717) is 6.54 Å². The van der Waals surface area contributed by atoms with E-state index in [0.717, 1.165) is 0 Å². The van der Waals surface area contributed by atoms with E-state index in [4.69, 9.17) is 5.73 Å². The van der Waals surface area contributed by atoms with Gasteiger partial charge in [-0.2, -0.15) is 0 Å². The number of primary amides is 1. The van der Waals surface area contributed by atoms with E-state index in [1.165, 1.54) is 0 Å². The molecule has 0 aliphatic heterocycles. The maximum Gasteiger partial charge on any atom is 0.225 e. The Bertz CT molecular complexity index is 249. The van der Waals surface area contributed by atoms with Crippen molar-refractivity contribution in [2.75, 3.05) is 6.54 Å². The van der Waals surface area contributed by atoms with Crippen LogP contribution in [0.4, 0.5) is 0 Å². The summed E-state index contributed by atoms with van der Waals surface area (Å²) in [6, 6.07) is 0. The molecule has 0 fully saturated rings. The summed E-state index contributed by atoms with van der Waals surface area (Å²) in [7, 11) is 0.